The second-order valence-electron chi connectivity index (χ2n) is 7.93. The molecule has 0 bridgehead atoms. The standard InChI is InChI=1S/C21H32ClN2O/c1-4-24(12-7-5-6-8-13-24)19-10-9-11-23(21(19)25)20-16(2)14-18(22)15-17(20)3/h14-15,19H,4-13H2,1-3H3/q+1. The molecule has 3 nitrogen and oxygen atoms in total. The summed E-state index contributed by atoms with van der Waals surface area (Å²) in [4.78, 5) is 15.6. The Labute approximate surface area is 157 Å². The van der Waals surface area contributed by atoms with Crippen molar-refractivity contribution in [1.29, 1.82) is 0 Å². The van der Waals surface area contributed by atoms with Gasteiger partial charge in [0.2, 0.25) is 0 Å². The smallest absolute Gasteiger partial charge is 0.285 e. The van der Waals surface area contributed by atoms with Crippen LogP contribution in [0.2, 0.25) is 5.02 Å². The van der Waals surface area contributed by atoms with Gasteiger partial charge in [-0.25, -0.2) is 0 Å². The molecular formula is C21H32ClN2O+. The fraction of sp³-hybridized carbons (Fsp3) is 0.667. The summed E-state index contributed by atoms with van der Waals surface area (Å²) >= 11 is 6.20. The molecule has 2 aliphatic heterocycles. The Morgan fingerprint density at radius 2 is 1.68 bits per heavy atom. The van der Waals surface area contributed by atoms with Crippen LogP contribution in [-0.4, -0.2) is 42.6 Å². The van der Waals surface area contributed by atoms with E-state index in [4.69, 9.17) is 11.6 Å². The Morgan fingerprint density at radius 1 is 1.08 bits per heavy atom. The van der Waals surface area contributed by atoms with Gasteiger partial charge in [0.15, 0.2) is 6.04 Å². The van der Waals surface area contributed by atoms with Gasteiger partial charge >= 0.3 is 0 Å². The van der Waals surface area contributed by atoms with Crippen LogP contribution < -0.4 is 4.90 Å². The fourth-order valence-corrected chi connectivity index (χ4v) is 5.41. The molecule has 0 aliphatic carbocycles. The molecule has 1 atom stereocenters. The van der Waals surface area contributed by atoms with Crippen LogP contribution in [-0.2, 0) is 4.79 Å². The zero-order valence-corrected chi connectivity index (χ0v) is 16.7. The number of hydrogen-bond acceptors (Lipinski definition) is 1. The van der Waals surface area contributed by atoms with Gasteiger partial charge in [-0.3, -0.25) is 4.79 Å². The maximum absolute atomic E-state index is 13.6. The number of quaternary nitrogens is 1. The summed E-state index contributed by atoms with van der Waals surface area (Å²) in [5, 5.41) is 0.754. The number of anilines is 1. The first-order chi connectivity index (χ1) is 12.0. The minimum absolute atomic E-state index is 0.131. The average molecular weight is 364 g/mol. The zero-order valence-electron chi connectivity index (χ0n) is 16.0. The van der Waals surface area contributed by atoms with Crippen LogP contribution in [0.4, 0.5) is 5.69 Å². The Bertz CT molecular complexity index is 612. The Morgan fingerprint density at radius 3 is 2.24 bits per heavy atom. The predicted octanol–water partition coefficient (Wildman–Crippen LogP) is 4.86. The number of likely N-dealkylation sites (tertiary alicyclic amines) is 1. The van der Waals surface area contributed by atoms with Gasteiger partial charge in [-0.15, -0.1) is 0 Å². The lowest BCUT2D eigenvalue weighted by molar-refractivity contribution is -0.941. The van der Waals surface area contributed by atoms with Gasteiger partial charge in [0.1, 0.15) is 0 Å². The lowest BCUT2D eigenvalue weighted by atomic mass is 9.96. The van der Waals surface area contributed by atoms with E-state index in [2.05, 4.69) is 25.7 Å². The highest BCUT2D eigenvalue weighted by atomic mass is 35.5. The molecule has 3 rings (SSSR count). The molecule has 0 N–H and O–H groups in total. The van der Waals surface area contributed by atoms with E-state index in [1.54, 1.807) is 0 Å². The van der Waals surface area contributed by atoms with E-state index < -0.39 is 0 Å². The number of carbonyl (C=O) groups excluding carboxylic acids is 1. The van der Waals surface area contributed by atoms with Gasteiger partial charge in [0.05, 0.1) is 19.6 Å². The predicted molar refractivity (Wildman–Crippen MR) is 105 cm³/mol. The molecular weight excluding hydrogens is 332 g/mol. The summed E-state index contributed by atoms with van der Waals surface area (Å²) in [6.07, 6.45) is 7.29. The van der Waals surface area contributed by atoms with E-state index in [9.17, 15) is 4.79 Å². The number of benzene rings is 1. The maximum atomic E-state index is 13.6. The summed E-state index contributed by atoms with van der Waals surface area (Å²) in [7, 11) is 0. The molecule has 0 radical (unpaired) electrons. The van der Waals surface area contributed by atoms with Gasteiger partial charge in [0.25, 0.3) is 5.91 Å². The topological polar surface area (TPSA) is 20.3 Å². The van der Waals surface area contributed by atoms with Crippen molar-refractivity contribution in [3.63, 3.8) is 0 Å². The molecule has 2 saturated heterocycles. The van der Waals surface area contributed by atoms with Gasteiger partial charge in [-0.1, -0.05) is 11.6 Å². The molecule has 2 aliphatic rings. The number of amides is 1. The number of carbonyl (C=O) groups is 1. The van der Waals surface area contributed by atoms with E-state index in [0.29, 0.717) is 5.91 Å². The van der Waals surface area contributed by atoms with E-state index in [1.165, 1.54) is 38.8 Å². The second-order valence-corrected chi connectivity index (χ2v) is 8.37. The second kappa shape index (κ2) is 7.67. The molecule has 1 aromatic rings. The van der Waals surface area contributed by atoms with E-state index in [1.807, 2.05) is 12.1 Å². The Hall–Kier alpha value is -1.06. The van der Waals surface area contributed by atoms with Crippen molar-refractivity contribution in [2.45, 2.75) is 65.3 Å². The number of hydrogen-bond donors (Lipinski definition) is 0. The summed E-state index contributed by atoms with van der Waals surface area (Å²) in [5.74, 6) is 0.337. The minimum Gasteiger partial charge on any atom is -0.314 e. The van der Waals surface area contributed by atoms with Crippen molar-refractivity contribution in [2.75, 3.05) is 31.1 Å². The number of aryl methyl sites for hydroxylation is 2. The third-order valence-corrected chi connectivity index (χ3v) is 6.60. The third kappa shape index (κ3) is 3.59. The van der Waals surface area contributed by atoms with E-state index >= 15 is 0 Å². The highest BCUT2D eigenvalue weighted by Crippen LogP contribution is 2.34. The van der Waals surface area contributed by atoms with Crippen LogP contribution in [0.5, 0.6) is 0 Å². The van der Waals surface area contributed by atoms with Crippen LogP contribution in [0.1, 0.15) is 56.6 Å². The molecule has 25 heavy (non-hydrogen) atoms. The van der Waals surface area contributed by atoms with E-state index in [0.717, 1.165) is 52.3 Å². The molecule has 1 amide bonds. The first kappa shape index (κ1) is 18.7. The summed E-state index contributed by atoms with van der Waals surface area (Å²) in [6, 6.07) is 4.10. The number of nitrogens with zero attached hydrogens (tertiary/aromatic N) is 2. The number of rotatable bonds is 3. The monoisotopic (exact) mass is 363 g/mol. The lowest BCUT2D eigenvalue weighted by Gasteiger charge is -2.47. The largest absolute Gasteiger partial charge is 0.314 e. The van der Waals surface area contributed by atoms with Crippen LogP contribution in [0.3, 0.4) is 0 Å². The van der Waals surface area contributed by atoms with Crippen LogP contribution in [0.15, 0.2) is 12.1 Å². The zero-order chi connectivity index (χ0) is 18.0. The normalized spacial score (nSPS) is 24.2. The van der Waals surface area contributed by atoms with Crippen LogP contribution in [0, 0.1) is 13.8 Å². The van der Waals surface area contributed by atoms with E-state index in [-0.39, 0.29) is 6.04 Å². The van der Waals surface area contributed by atoms with Crippen LogP contribution in [0.25, 0.3) is 0 Å². The van der Waals surface area contributed by atoms with Crippen molar-refractivity contribution in [2.24, 2.45) is 0 Å². The molecule has 0 spiro atoms. The lowest BCUT2D eigenvalue weighted by Crippen LogP contribution is -2.64. The maximum Gasteiger partial charge on any atom is 0.285 e. The third-order valence-electron chi connectivity index (χ3n) is 6.38. The SMILES string of the molecule is CC[N+]1(C2CCCN(c3c(C)cc(Cl)cc3C)C2=O)CCCCCC1. The Kier molecular flexibility index (Phi) is 5.75. The summed E-state index contributed by atoms with van der Waals surface area (Å²) < 4.78 is 1.00. The molecule has 138 valence electrons. The molecule has 1 aromatic carbocycles. The van der Waals surface area contributed by atoms with Crippen molar-refractivity contribution in [3.05, 3.63) is 28.3 Å². The highest BCUT2D eigenvalue weighted by molar-refractivity contribution is 6.30. The molecule has 1 unspecified atom stereocenters. The van der Waals surface area contributed by atoms with Gasteiger partial charge in [-0.2, -0.15) is 0 Å². The molecule has 0 saturated carbocycles. The molecule has 4 heteroatoms. The highest BCUT2D eigenvalue weighted by Gasteiger charge is 2.45. The van der Waals surface area contributed by atoms with Gasteiger partial charge in [0, 0.05) is 23.7 Å². The number of likely N-dealkylation sites (N-methyl/N-ethyl adjacent to an activating group) is 1. The fourth-order valence-electron chi connectivity index (χ4n) is 5.08. The minimum atomic E-state index is 0.131. The van der Waals surface area contributed by atoms with Crippen LogP contribution >= 0.6 is 11.6 Å². The quantitative estimate of drug-likeness (QED) is 0.702. The molecule has 2 heterocycles. The Balaban J connectivity index is 1.93. The summed E-state index contributed by atoms with van der Waals surface area (Å²) in [6.45, 7) is 10.7. The molecule has 2 fully saturated rings. The van der Waals surface area contributed by atoms with Gasteiger partial charge < -0.3 is 9.38 Å². The average Bonchev–Trinajstić information content (AvgIpc) is 2.82. The number of piperidine rings is 1. The molecule has 0 aromatic heterocycles. The van der Waals surface area contributed by atoms with Crippen molar-refractivity contribution < 1.29 is 9.28 Å². The first-order valence-electron chi connectivity index (χ1n) is 9.92. The van der Waals surface area contributed by atoms with Gasteiger partial charge in [-0.05, 0) is 76.1 Å². The first-order valence-corrected chi connectivity index (χ1v) is 10.3. The van der Waals surface area contributed by atoms with Crippen molar-refractivity contribution >= 4 is 23.2 Å². The number of halogens is 1. The summed E-state index contributed by atoms with van der Waals surface area (Å²) in [5.41, 5.74) is 3.30. The van der Waals surface area contributed by atoms with Crippen molar-refractivity contribution in [1.82, 2.24) is 0 Å². The van der Waals surface area contributed by atoms with Crippen molar-refractivity contribution in [3.8, 4) is 0 Å².